The summed E-state index contributed by atoms with van der Waals surface area (Å²) >= 11 is 0. The van der Waals surface area contributed by atoms with Crippen LogP contribution in [0.3, 0.4) is 0 Å². The number of nitrogens with zero attached hydrogens (tertiary/aromatic N) is 1. The van der Waals surface area contributed by atoms with Crippen LogP contribution < -0.4 is 5.73 Å². The molecule has 2 amide bonds. The van der Waals surface area contributed by atoms with Gasteiger partial charge in [-0.2, -0.15) is 0 Å². The number of carbonyl (C=O) groups excluding carboxylic acids is 2. The molecular formula is C15H24N2O2. The number of nitrogens with two attached hydrogens (primary N) is 1. The number of carbonyl (C=O) groups is 2. The van der Waals surface area contributed by atoms with Gasteiger partial charge in [-0.3, -0.25) is 9.59 Å². The van der Waals surface area contributed by atoms with E-state index in [0.717, 1.165) is 31.2 Å². The van der Waals surface area contributed by atoms with Crippen molar-refractivity contribution in [3.05, 3.63) is 0 Å². The van der Waals surface area contributed by atoms with E-state index in [-0.39, 0.29) is 17.7 Å². The highest BCUT2D eigenvalue weighted by atomic mass is 16.2. The molecule has 3 aliphatic rings. The van der Waals surface area contributed by atoms with Gasteiger partial charge >= 0.3 is 0 Å². The molecule has 4 nitrogen and oxygen atoms in total. The highest BCUT2D eigenvalue weighted by Gasteiger charge is 2.43. The number of amides is 2. The zero-order chi connectivity index (χ0) is 13.4. The van der Waals surface area contributed by atoms with Gasteiger partial charge in [-0.05, 0) is 56.3 Å². The summed E-state index contributed by atoms with van der Waals surface area (Å²) in [4.78, 5) is 25.6. The van der Waals surface area contributed by atoms with E-state index in [9.17, 15) is 9.59 Å². The molecule has 106 valence electrons. The first-order chi connectivity index (χ1) is 9.15. The van der Waals surface area contributed by atoms with Crippen molar-refractivity contribution in [1.29, 1.82) is 0 Å². The van der Waals surface area contributed by atoms with Crippen LogP contribution in [0.2, 0.25) is 0 Å². The van der Waals surface area contributed by atoms with E-state index >= 15 is 0 Å². The van der Waals surface area contributed by atoms with Crippen molar-refractivity contribution in [2.24, 2.45) is 29.4 Å². The smallest absolute Gasteiger partial charge is 0.222 e. The van der Waals surface area contributed by atoms with Gasteiger partial charge in [0.05, 0.1) is 5.92 Å². The molecule has 0 radical (unpaired) electrons. The maximum Gasteiger partial charge on any atom is 0.222 e. The molecule has 1 saturated heterocycles. The molecule has 0 spiro atoms. The zero-order valence-electron chi connectivity index (χ0n) is 11.5. The summed E-state index contributed by atoms with van der Waals surface area (Å²) in [6.45, 7) is 1.36. The van der Waals surface area contributed by atoms with E-state index in [1.54, 1.807) is 0 Å². The predicted molar refractivity (Wildman–Crippen MR) is 72.1 cm³/mol. The van der Waals surface area contributed by atoms with Crippen molar-refractivity contribution in [2.45, 2.75) is 44.9 Å². The predicted octanol–water partition coefficient (Wildman–Crippen LogP) is 1.54. The Morgan fingerprint density at radius 3 is 2.26 bits per heavy atom. The molecule has 3 fully saturated rings. The lowest BCUT2D eigenvalue weighted by Gasteiger charge is -2.32. The summed E-state index contributed by atoms with van der Waals surface area (Å²) in [5, 5.41) is 0. The van der Waals surface area contributed by atoms with Gasteiger partial charge < -0.3 is 10.6 Å². The molecule has 4 heteroatoms. The number of hydrogen-bond acceptors (Lipinski definition) is 2. The third kappa shape index (κ3) is 3.10. The van der Waals surface area contributed by atoms with Crippen molar-refractivity contribution < 1.29 is 9.59 Å². The second-order valence-electron chi connectivity index (χ2n) is 6.62. The molecular weight excluding hydrogens is 240 g/mol. The minimum atomic E-state index is -0.251. The zero-order valence-corrected chi connectivity index (χ0v) is 11.5. The third-order valence-corrected chi connectivity index (χ3v) is 5.04. The first-order valence-electron chi connectivity index (χ1n) is 7.72. The number of rotatable bonds is 5. The molecule has 2 N–H and O–H groups in total. The minimum absolute atomic E-state index is 0.127. The van der Waals surface area contributed by atoms with Gasteiger partial charge in [-0.15, -0.1) is 0 Å². The Morgan fingerprint density at radius 2 is 1.74 bits per heavy atom. The number of likely N-dealkylation sites (tertiary alicyclic amines) is 1. The van der Waals surface area contributed by atoms with Crippen molar-refractivity contribution in [3.8, 4) is 0 Å². The van der Waals surface area contributed by atoms with Crippen molar-refractivity contribution in [3.63, 3.8) is 0 Å². The van der Waals surface area contributed by atoms with Gasteiger partial charge in [0.1, 0.15) is 0 Å². The number of hydrogen-bond donors (Lipinski definition) is 1. The maximum absolute atomic E-state index is 12.4. The molecule has 3 rings (SSSR count). The minimum Gasteiger partial charge on any atom is -0.369 e. The second kappa shape index (κ2) is 5.14. The lowest BCUT2D eigenvalue weighted by atomic mass is 9.92. The topological polar surface area (TPSA) is 63.4 Å². The van der Waals surface area contributed by atoms with E-state index in [2.05, 4.69) is 0 Å². The first-order valence-corrected chi connectivity index (χ1v) is 7.72. The van der Waals surface area contributed by atoms with Gasteiger partial charge in [0.25, 0.3) is 0 Å². The molecule has 1 heterocycles. The normalized spacial score (nSPS) is 27.6. The van der Waals surface area contributed by atoms with Crippen LogP contribution in [0, 0.1) is 23.7 Å². The maximum atomic E-state index is 12.4. The molecule has 1 atom stereocenters. The number of piperidine rings is 1. The number of primary amides is 1. The Bertz CT molecular complexity index is 362. The van der Waals surface area contributed by atoms with Crippen LogP contribution in [0.5, 0.6) is 0 Å². The second-order valence-corrected chi connectivity index (χ2v) is 6.62. The Hall–Kier alpha value is -1.06. The standard InChI is InChI=1S/C15H24N2O2/c16-15(19)12-2-1-7-17(9-12)14(18)8-13(10-3-4-10)11-5-6-11/h10-13H,1-9H2,(H2,16,19)/t12-/m0/s1. The third-order valence-electron chi connectivity index (χ3n) is 5.04. The molecule has 2 saturated carbocycles. The van der Waals surface area contributed by atoms with Crippen LogP contribution >= 0.6 is 0 Å². The largest absolute Gasteiger partial charge is 0.369 e. The van der Waals surface area contributed by atoms with Crippen LogP contribution in [0.1, 0.15) is 44.9 Å². The Balaban J connectivity index is 1.55. The molecule has 19 heavy (non-hydrogen) atoms. The van der Waals surface area contributed by atoms with Crippen molar-refractivity contribution >= 4 is 11.8 Å². The van der Waals surface area contributed by atoms with E-state index in [1.807, 2.05) is 4.90 Å². The average molecular weight is 264 g/mol. The molecule has 0 aromatic carbocycles. The summed E-state index contributed by atoms with van der Waals surface area (Å²) in [6, 6.07) is 0. The fourth-order valence-electron chi connectivity index (χ4n) is 3.53. The van der Waals surface area contributed by atoms with Crippen LogP contribution in [0.4, 0.5) is 0 Å². The molecule has 0 aromatic heterocycles. The first kappa shape index (κ1) is 12.9. The molecule has 0 unspecified atom stereocenters. The van der Waals surface area contributed by atoms with Gasteiger partial charge in [-0.1, -0.05) is 0 Å². The average Bonchev–Trinajstić information content (AvgIpc) is 3.29. The highest BCUT2D eigenvalue weighted by molar-refractivity contribution is 5.80. The van der Waals surface area contributed by atoms with Crippen LogP contribution in [-0.4, -0.2) is 29.8 Å². The fraction of sp³-hybridized carbons (Fsp3) is 0.867. The van der Waals surface area contributed by atoms with Gasteiger partial charge in [-0.25, -0.2) is 0 Å². The quantitative estimate of drug-likeness (QED) is 0.818. The molecule has 1 aliphatic heterocycles. The molecule has 2 aliphatic carbocycles. The monoisotopic (exact) mass is 264 g/mol. The van der Waals surface area contributed by atoms with Crippen LogP contribution in [-0.2, 0) is 9.59 Å². The Labute approximate surface area is 114 Å². The SMILES string of the molecule is NC(=O)[C@H]1CCCN(C(=O)CC(C2CC2)C2CC2)C1. The van der Waals surface area contributed by atoms with Crippen LogP contribution in [0.25, 0.3) is 0 Å². The summed E-state index contributed by atoms with van der Waals surface area (Å²) in [6.07, 6.45) is 7.74. The van der Waals surface area contributed by atoms with Gasteiger partial charge in [0.15, 0.2) is 0 Å². The highest BCUT2D eigenvalue weighted by Crippen LogP contribution is 2.50. The molecule has 0 aromatic rings. The fourth-order valence-corrected chi connectivity index (χ4v) is 3.53. The summed E-state index contributed by atoms with van der Waals surface area (Å²) in [7, 11) is 0. The lowest BCUT2D eigenvalue weighted by molar-refractivity contribution is -0.136. The van der Waals surface area contributed by atoms with E-state index in [1.165, 1.54) is 25.7 Å². The summed E-state index contributed by atoms with van der Waals surface area (Å²) in [5.41, 5.74) is 5.37. The van der Waals surface area contributed by atoms with E-state index in [4.69, 9.17) is 5.73 Å². The van der Waals surface area contributed by atoms with Gasteiger partial charge in [0, 0.05) is 19.5 Å². The lowest BCUT2D eigenvalue weighted by Crippen LogP contribution is -2.44. The van der Waals surface area contributed by atoms with Crippen molar-refractivity contribution in [2.75, 3.05) is 13.1 Å². The Morgan fingerprint density at radius 1 is 1.11 bits per heavy atom. The summed E-state index contributed by atoms with van der Waals surface area (Å²) in [5.74, 6) is 2.13. The van der Waals surface area contributed by atoms with Crippen molar-refractivity contribution in [1.82, 2.24) is 4.90 Å². The Kier molecular flexibility index (Phi) is 3.50. The summed E-state index contributed by atoms with van der Waals surface area (Å²) < 4.78 is 0. The van der Waals surface area contributed by atoms with E-state index < -0.39 is 0 Å². The van der Waals surface area contributed by atoms with E-state index in [0.29, 0.717) is 18.9 Å². The molecule has 0 bridgehead atoms. The van der Waals surface area contributed by atoms with Crippen LogP contribution in [0.15, 0.2) is 0 Å². The van der Waals surface area contributed by atoms with Gasteiger partial charge in [0.2, 0.25) is 11.8 Å².